The zero-order chi connectivity index (χ0) is 5.98. The lowest BCUT2D eigenvalue weighted by atomic mass is 10.2. The van der Waals surface area contributed by atoms with Crippen LogP contribution in [-0.2, 0) is 4.79 Å². The molecule has 1 saturated heterocycles. The third-order valence-corrected chi connectivity index (χ3v) is 1.13. The number of hydrazine groups is 1. The van der Waals surface area contributed by atoms with Crippen molar-refractivity contribution in [3.8, 4) is 0 Å². The Morgan fingerprint density at radius 1 is 1.88 bits per heavy atom. The second-order valence-electron chi connectivity index (χ2n) is 1.83. The standard InChI is InChI=1S/C4H9N3O/c5-2-3-1-4(8)7-6-3/h3,6H,1-2,5H2,(H,7,8). The Balaban J connectivity index is 2.32. The van der Waals surface area contributed by atoms with E-state index in [1.807, 2.05) is 0 Å². The summed E-state index contributed by atoms with van der Waals surface area (Å²) in [6.07, 6.45) is 0.510. The number of carbonyl (C=O) groups is 1. The largest absolute Gasteiger partial charge is 0.329 e. The van der Waals surface area contributed by atoms with Gasteiger partial charge in [0.05, 0.1) is 0 Å². The molecule has 1 unspecified atom stereocenters. The molecule has 0 bridgehead atoms. The maximum Gasteiger partial charge on any atom is 0.235 e. The van der Waals surface area contributed by atoms with Crippen LogP contribution in [0.2, 0.25) is 0 Å². The van der Waals surface area contributed by atoms with E-state index in [0.29, 0.717) is 13.0 Å². The maximum absolute atomic E-state index is 10.4. The van der Waals surface area contributed by atoms with Crippen molar-refractivity contribution < 1.29 is 4.79 Å². The predicted octanol–water partition coefficient (Wildman–Crippen LogP) is -1.66. The molecule has 0 aliphatic carbocycles. The first-order valence-corrected chi connectivity index (χ1v) is 2.57. The molecule has 0 spiro atoms. The van der Waals surface area contributed by atoms with E-state index in [0.717, 1.165) is 0 Å². The van der Waals surface area contributed by atoms with Crippen LogP contribution in [0.15, 0.2) is 0 Å². The average molecular weight is 115 g/mol. The fraction of sp³-hybridized carbons (Fsp3) is 0.750. The molecule has 0 radical (unpaired) electrons. The summed E-state index contributed by atoms with van der Waals surface area (Å²) in [5.41, 5.74) is 10.4. The molecular formula is C4H9N3O. The lowest BCUT2D eigenvalue weighted by molar-refractivity contribution is -0.119. The minimum atomic E-state index is 0.0282. The van der Waals surface area contributed by atoms with Gasteiger partial charge in [-0.15, -0.1) is 0 Å². The number of nitrogens with two attached hydrogens (primary N) is 1. The van der Waals surface area contributed by atoms with E-state index in [-0.39, 0.29) is 11.9 Å². The van der Waals surface area contributed by atoms with Gasteiger partial charge in [-0.25, -0.2) is 5.43 Å². The zero-order valence-electron chi connectivity index (χ0n) is 4.48. The number of hydrogen-bond acceptors (Lipinski definition) is 3. The topological polar surface area (TPSA) is 67.2 Å². The molecule has 4 nitrogen and oxygen atoms in total. The Hall–Kier alpha value is -0.610. The van der Waals surface area contributed by atoms with Gasteiger partial charge in [-0.1, -0.05) is 0 Å². The van der Waals surface area contributed by atoms with E-state index in [2.05, 4.69) is 10.9 Å². The molecule has 0 saturated carbocycles. The fourth-order valence-electron chi connectivity index (χ4n) is 0.651. The summed E-state index contributed by atoms with van der Waals surface area (Å²) in [5.74, 6) is 0.0282. The number of amides is 1. The Morgan fingerprint density at radius 3 is 2.88 bits per heavy atom. The van der Waals surface area contributed by atoms with Gasteiger partial charge in [-0.05, 0) is 0 Å². The highest BCUT2D eigenvalue weighted by molar-refractivity contribution is 5.77. The molecule has 8 heavy (non-hydrogen) atoms. The Morgan fingerprint density at radius 2 is 2.62 bits per heavy atom. The molecule has 1 atom stereocenters. The van der Waals surface area contributed by atoms with Crippen LogP contribution in [0.4, 0.5) is 0 Å². The first-order valence-electron chi connectivity index (χ1n) is 2.57. The van der Waals surface area contributed by atoms with E-state index >= 15 is 0 Å². The summed E-state index contributed by atoms with van der Waals surface area (Å²) in [4.78, 5) is 10.4. The summed E-state index contributed by atoms with van der Waals surface area (Å²) in [7, 11) is 0. The van der Waals surface area contributed by atoms with E-state index in [4.69, 9.17) is 5.73 Å². The molecule has 46 valence electrons. The van der Waals surface area contributed by atoms with Gasteiger partial charge in [0, 0.05) is 19.0 Å². The molecule has 0 aromatic carbocycles. The zero-order valence-corrected chi connectivity index (χ0v) is 4.48. The van der Waals surface area contributed by atoms with Gasteiger partial charge in [0.15, 0.2) is 0 Å². The molecular weight excluding hydrogens is 106 g/mol. The van der Waals surface area contributed by atoms with Crippen molar-refractivity contribution in [3.63, 3.8) is 0 Å². The van der Waals surface area contributed by atoms with Crippen molar-refractivity contribution in [2.45, 2.75) is 12.5 Å². The van der Waals surface area contributed by atoms with Crippen molar-refractivity contribution in [1.82, 2.24) is 10.9 Å². The van der Waals surface area contributed by atoms with Crippen LogP contribution in [0.25, 0.3) is 0 Å². The van der Waals surface area contributed by atoms with E-state index < -0.39 is 0 Å². The van der Waals surface area contributed by atoms with Crippen LogP contribution in [-0.4, -0.2) is 18.5 Å². The smallest absolute Gasteiger partial charge is 0.235 e. The van der Waals surface area contributed by atoms with Gasteiger partial charge in [0.25, 0.3) is 0 Å². The minimum absolute atomic E-state index is 0.0282. The monoisotopic (exact) mass is 115 g/mol. The summed E-state index contributed by atoms with van der Waals surface area (Å²) >= 11 is 0. The van der Waals surface area contributed by atoms with Crippen LogP contribution in [0.1, 0.15) is 6.42 Å². The van der Waals surface area contributed by atoms with Crippen LogP contribution >= 0.6 is 0 Å². The lowest BCUT2D eigenvalue weighted by Gasteiger charge is -2.00. The van der Waals surface area contributed by atoms with Crippen molar-refractivity contribution in [1.29, 1.82) is 0 Å². The van der Waals surface area contributed by atoms with Crippen molar-refractivity contribution in [2.24, 2.45) is 5.73 Å². The first-order chi connectivity index (χ1) is 3.83. The lowest BCUT2D eigenvalue weighted by Crippen LogP contribution is -2.35. The predicted molar refractivity (Wildman–Crippen MR) is 28.7 cm³/mol. The fourth-order valence-corrected chi connectivity index (χ4v) is 0.651. The van der Waals surface area contributed by atoms with Gasteiger partial charge < -0.3 is 5.73 Å². The number of rotatable bonds is 1. The van der Waals surface area contributed by atoms with Gasteiger partial charge in [0.2, 0.25) is 5.91 Å². The van der Waals surface area contributed by atoms with Gasteiger partial charge in [-0.2, -0.15) is 0 Å². The second kappa shape index (κ2) is 2.11. The maximum atomic E-state index is 10.4. The van der Waals surface area contributed by atoms with Gasteiger partial charge >= 0.3 is 0 Å². The Labute approximate surface area is 47.4 Å². The summed E-state index contributed by atoms with van der Waals surface area (Å²) in [6.45, 7) is 0.513. The molecule has 0 aromatic rings. The molecule has 0 aromatic heterocycles. The van der Waals surface area contributed by atoms with Gasteiger partial charge in [-0.3, -0.25) is 10.2 Å². The highest BCUT2D eigenvalue weighted by Crippen LogP contribution is 1.93. The first kappa shape index (κ1) is 5.53. The highest BCUT2D eigenvalue weighted by atomic mass is 16.2. The minimum Gasteiger partial charge on any atom is -0.329 e. The average Bonchev–Trinajstić information content (AvgIpc) is 2.14. The number of hydrogen-bond donors (Lipinski definition) is 3. The molecule has 1 rings (SSSR count). The Kier molecular flexibility index (Phi) is 1.45. The molecule has 1 amide bonds. The Bertz CT molecular complexity index is 103. The van der Waals surface area contributed by atoms with E-state index in [9.17, 15) is 4.79 Å². The number of nitrogens with one attached hydrogen (secondary N) is 2. The van der Waals surface area contributed by atoms with Crippen LogP contribution in [0.3, 0.4) is 0 Å². The molecule has 4 N–H and O–H groups in total. The van der Waals surface area contributed by atoms with Crippen LogP contribution < -0.4 is 16.6 Å². The molecule has 1 heterocycles. The van der Waals surface area contributed by atoms with Crippen LogP contribution in [0.5, 0.6) is 0 Å². The summed E-state index contributed by atoms with van der Waals surface area (Å²) < 4.78 is 0. The van der Waals surface area contributed by atoms with E-state index in [1.165, 1.54) is 0 Å². The van der Waals surface area contributed by atoms with Gasteiger partial charge in [0.1, 0.15) is 0 Å². The van der Waals surface area contributed by atoms with Crippen molar-refractivity contribution in [3.05, 3.63) is 0 Å². The molecule has 1 aliphatic heterocycles. The normalized spacial score (nSPS) is 28.1. The third-order valence-electron chi connectivity index (χ3n) is 1.13. The van der Waals surface area contributed by atoms with Crippen molar-refractivity contribution >= 4 is 5.91 Å². The number of carbonyl (C=O) groups excluding carboxylic acids is 1. The van der Waals surface area contributed by atoms with Crippen LogP contribution in [0, 0.1) is 0 Å². The van der Waals surface area contributed by atoms with Crippen molar-refractivity contribution in [2.75, 3.05) is 6.54 Å². The highest BCUT2D eigenvalue weighted by Gasteiger charge is 2.18. The molecule has 1 aliphatic rings. The quantitative estimate of drug-likeness (QED) is 0.383. The molecule has 4 heteroatoms. The third kappa shape index (κ3) is 0.962. The summed E-state index contributed by atoms with van der Waals surface area (Å²) in [5, 5.41) is 0. The summed E-state index contributed by atoms with van der Waals surface area (Å²) in [6, 6.07) is 0.141. The second-order valence-corrected chi connectivity index (χ2v) is 1.83. The SMILES string of the molecule is NCC1CC(=O)NN1. The van der Waals surface area contributed by atoms with E-state index in [1.54, 1.807) is 0 Å². The molecule has 1 fully saturated rings.